The highest BCUT2D eigenvalue weighted by Crippen LogP contribution is 2.20. The molecule has 1 aliphatic heterocycles. The molecule has 1 aromatic rings. The summed E-state index contributed by atoms with van der Waals surface area (Å²) in [6, 6.07) is 9.89. The Kier molecular flexibility index (Phi) is 4.76. The lowest BCUT2D eigenvalue weighted by Crippen LogP contribution is -2.37. The van der Waals surface area contributed by atoms with Gasteiger partial charge in [0.15, 0.2) is 0 Å². The van der Waals surface area contributed by atoms with Crippen LogP contribution in [0.3, 0.4) is 0 Å². The lowest BCUT2D eigenvalue weighted by molar-refractivity contribution is -0.119. The second kappa shape index (κ2) is 6.55. The molecule has 1 aliphatic rings. The van der Waals surface area contributed by atoms with Crippen LogP contribution in [0.15, 0.2) is 30.3 Å². The van der Waals surface area contributed by atoms with Crippen LogP contribution in [-0.4, -0.2) is 25.2 Å². The van der Waals surface area contributed by atoms with E-state index in [0.717, 1.165) is 31.6 Å². The number of anilines is 1. The summed E-state index contributed by atoms with van der Waals surface area (Å²) in [5, 5.41) is 0. The van der Waals surface area contributed by atoms with Gasteiger partial charge in [0.05, 0.1) is 12.6 Å². The van der Waals surface area contributed by atoms with Gasteiger partial charge in [0.1, 0.15) is 0 Å². The monoisotopic (exact) mass is 247 g/mol. The fraction of sp³-hybridized carbons (Fsp3) is 0.533. The Hall–Kier alpha value is -1.35. The fourth-order valence-electron chi connectivity index (χ4n) is 2.30. The summed E-state index contributed by atoms with van der Waals surface area (Å²) >= 11 is 0. The Morgan fingerprint density at radius 1 is 1.39 bits per heavy atom. The Morgan fingerprint density at radius 3 is 2.78 bits per heavy atom. The molecule has 98 valence electrons. The zero-order valence-corrected chi connectivity index (χ0v) is 11.0. The molecule has 1 atom stereocenters. The third kappa shape index (κ3) is 3.33. The molecule has 1 fully saturated rings. The minimum atomic E-state index is 0.194. The number of carbonyl (C=O) groups excluding carboxylic acids is 1. The van der Waals surface area contributed by atoms with E-state index in [0.29, 0.717) is 13.0 Å². The molecule has 0 spiro atoms. The van der Waals surface area contributed by atoms with Gasteiger partial charge in [0, 0.05) is 18.7 Å². The maximum Gasteiger partial charge on any atom is 0.227 e. The van der Waals surface area contributed by atoms with Gasteiger partial charge in [0.2, 0.25) is 5.91 Å². The summed E-state index contributed by atoms with van der Waals surface area (Å²) in [4.78, 5) is 14.1. The average molecular weight is 247 g/mol. The van der Waals surface area contributed by atoms with Crippen molar-refractivity contribution in [1.29, 1.82) is 0 Å². The van der Waals surface area contributed by atoms with Gasteiger partial charge >= 0.3 is 0 Å². The molecular formula is C15H21NO2. The second-order valence-corrected chi connectivity index (χ2v) is 4.72. The topological polar surface area (TPSA) is 29.5 Å². The predicted molar refractivity (Wildman–Crippen MR) is 72.7 cm³/mol. The van der Waals surface area contributed by atoms with E-state index in [1.54, 1.807) is 0 Å². The maximum atomic E-state index is 12.2. The molecule has 1 unspecified atom stereocenters. The Morgan fingerprint density at radius 2 is 2.17 bits per heavy atom. The van der Waals surface area contributed by atoms with Gasteiger partial charge in [-0.3, -0.25) is 4.79 Å². The van der Waals surface area contributed by atoms with Crippen molar-refractivity contribution in [3.8, 4) is 0 Å². The van der Waals surface area contributed by atoms with E-state index in [9.17, 15) is 4.79 Å². The largest absolute Gasteiger partial charge is 0.376 e. The van der Waals surface area contributed by atoms with E-state index >= 15 is 0 Å². The van der Waals surface area contributed by atoms with E-state index < -0.39 is 0 Å². The number of benzene rings is 1. The molecule has 1 aromatic carbocycles. The van der Waals surface area contributed by atoms with Crippen LogP contribution in [0.2, 0.25) is 0 Å². The minimum Gasteiger partial charge on any atom is -0.376 e. The molecule has 18 heavy (non-hydrogen) atoms. The van der Waals surface area contributed by atoms with Gasteiger partial charge in [-0.25, -0.2) is 0 Å². The normalized spacial score (nSPS) is 18.8. The van der Waals surface area contributed by atoms with Crippen molar-refractivity contribution in [3.63, 3.8) is 0 Å². The third-order valence-corrected chi connectivity index (χ3v) is 3.24. The van der Waals surface area contributed by atoms with Crippen LogP contribution in [-0.2, 0) is 9.53 Å². The molecule has 2 rings (SSSR count). The average Bonchev–Trinajstić information content (AvgIpc) is 2.90. The van der Waals surface area contributed by atoms with E-state index in [1.165, 1.54) is 0 Å². The van der Waals surface area contributed by atoms with Crippen LogP contribution in [0.4, 0.5) is 5.69 Å². The zero-order chi connectivity index (χ0) is 12.8. The van der Waals surface area contributed by atoms with Crippen LogP contribution in [0.1, 0.15) is 32.6 Å². The van der Waals surface area contributed by atoms with Gasteiger partial charge in [-0.2, -0.15) is 0 Å². The van der Waals surface area contributed by atoms with Crippen LogP contribution in [0, 0.1) is 0 Å². The number of nitrogens with zero attached hydrogens (tertiary/aromatic N) is 1. The first-order valence-corrected chi connectivity index (χ1v) is 6.78. The second-order valence-electron chi connectivity index (χ2n) is 4.72. The maximum absolute atomic E-state index is 12.2. The highest BCUT2D eigenvalue weighted by molar-refractivity contribution is 5.93. The van der Waals surface area contributed by atoms with Gasteiger partial charge in [-0.05, 0) is 31.4 Å². The quantitative estimate of drug-likeness (QED) is 0.800. The van der Waals surface area contributed by atoms with Gasteiger partial charge in [-0.15, -0.1) is 0 Å². The molecule has 3 heteroatoms. The number of hydrogen-bond donors (Lipinski definition) is 0. The van der Waals surface area contributed by atoms with Crippen molar-refractivity contribution in [2.45, 2.75) is 38.7 Å². The van der Waals surface area contributed by atoms with Crippen molar-refractivity contribution < 1.29 is 9.53 Å². The first kappa shape index (κ1) is 13.1. The number of ether oxygens (including phenoxy) is 1. The van der Waals surface area contributed by atoms with Crippen molar-refractivity contribution in [2.75, 3.05) is 18.1 Å². The summed E-state index contributed by atoms with van der Waals surface area (Å²) < 4.78 is 5.64. The van der Waals surface area contributed by atoms with E-state index in [-0.39, 0.29) is 12.0 Å². The Balaban J connectivity index is 2.09. The van der Waals surface area contributed by atoms with Crippen molar-refractivity contribution in [2.24, 2.45) is 0 Å². The summed E-state index contributed by atoms with van der Waals surface area (Å²) in [7, 11) is 0. The number of carbonyl (C=O) groups is 1. The SMILES string of the molecule is CCCC(=O)N(CC1CCCO1)c1ccccc1. The summed E-state index contributed by atoms with van der Waals surface area (Å²) in [5.41, 5.74) is 0.978. The summed E-state index contributed by atoms with van der Waals surface area (Å²) in [6.45, 7) is 3.55. The van der Waals surface area contributed by atoms with Crippen LogP contribution >= 0.6 is 0 Å². The molecule has 1 saturated heterocycles. The van der Waals surface area contributed by atoms with E-state index in [1.807, 2.05) is 42.2 Å². The Labute approximate surface area is 109 Å². The van der Waals surface area contributed by atoms with Crippen LogP contribution in [0.5, 0.6) is 0 Å². The molecule has 0 radical (unpaired) electrons. The molecule has 0 aliphatic carbocycles. The van der Waals surface area contributed by atoms with Gasteiger partial charge in [0.25, 0.3) is 0 Å². The summed E-state index contributed by atoms with van der Waals surface area (Å²) in [5.74, 6) is 0.194. The Bertz CT molecular complexity index is 371. The first-order valence-electron chi connectivity index (χ1n) is 6.78. The molecular weight excluding hydrogens is 226 g/mol. The highest BCUT2D eigenvalue weighted by atomic mass is 16.5. The number of hydrogen-bond acceptors (Lipinski definition) is 2. The lowest BCUT2D eigenvalue weighted by atomic mass is 10.2. The number of amides is 1. The molecule has 1 amide bonds. The molecule has 0 aromatic heterocycles. The number of para-hydroxylation sites is 1. The zero-order valence-electron chi connectivity index (χ0n) is 11.0. The van der Waals surface area contributed by atoms with Gasteiger partial charge in [-0.1, -0.05) is 25.1 Å². The minimum absolute atomic E-state index is 0.194. The predicted octanol–water partition coefficient (Wildman–Crippen LogP) is 3.00. The lowest BCUT2D eigenvalue weighted by Gasteiger charge is -2.25. The third-order valence-electron chi connectivity index (χ3n) is 3.24. The summed E-state index contributed by atoms with van der Waals surface area (Å²) in [6.07, 6.45) is 3.85. The number of rotatable bonds is 5. The molecule has 0 N–H and O–H groups in total. The van der Waals surface area contributed by atoms with Gasteiger partial charge < -0.3 is 9.64 Å². The molecule has 1 heterocycles. The van der Waals surface area contributed by atoms with E-state index in [4.69, 9.17) is 4.74 Å². The van der Waals surface area contributed by atoms with E-state index in [2.05, 4.69) is 0 Å². The fourth-order valence-corrected chi connectivity index (χ4v) is 2.30. The standard InChI is InChI=1S/C15H21NO2/c1-2-7-15(17)16(12-14-10-6-11-18-14)13-8-4-3-5-9-13/h3-5,8-9,14H,2,6-7,10-12H2,1H3. The molecule has 0 saturated carbocycles. The molecule has 3 nitrogen and oxygen atoms in total. The molecule has 0 bridgehead atoms. The van der Waals surface area contributed by atoms with Crippen molar-refractivity contribution >= 4 is 11.6 Å². The van der Waals surface area contributed by atoms with Crippen molar-refractivity contribution in [3.05, 3.63) is 30.3 Å². The highest BCUT2D eigenvalue weighted by Gasteiger charge is 2.23. The smallest absolute Gasteiger partial charge is 0.227 e. The van der Waals surface area contributed by atoms with Crippen LogP contribution < -0.4 is 4.90 Å². The first-order chi connectivity index (χ1) is 8.81. The van der Waals surface area contributed by atoms with Crippen molar-refractivity contribution in [1.82, 2.24) is 0 Å². The van der Waals surface area contributed by atoms with Crippen LogP contribution in [0.25, 0.3) is 0 Å².